The van der Waals surface area contributed by atoms with Crippen molar-refractivity contribution in [3.05, 3.63) is 17.3 Å². The van der Waals surface area contributed by atoms with Crippen LogP contribution < -0.4 is 4.90 Å². The van der Waals surface area contributed by atoms with Crippen molar-refractivity contribution in [2.45, 2.75) is 31.4 Å². The summed E-state index contributed by atoms with van der Waals surface area (Å²) in [6.07, 6.45) is 4.51. The molecule has 1 aromatic heterocycles. The summed E-state index contributed by atoms with van der Waals surface area (Å²) in [4.78, 5) is 9.62. The summed E-state index contributed by atoms with van der Waals surface area (Å²) >= 11 is 5.73. The smallest absolute Gasteiger partial charge is 0.224 e. The lowest BCUT2D eigenvalue weighted by atomic mass is 10.1. The van der Waals surface area contributed by atoms with E-state index in [-0.39, 0.29) is 17.4 Å². The van der Waals surface area contributed by atoms with Crippen molar-refractivity contribution in [3.63, 3.8) is 0 Å². The second-order valence-electron chi connectivity index (χ2n) is 4.41. The van der Waals surface area contributed by atoms with Gasteiger partial charge in [-0.05, 0) is 30.9 Å². The molecule has 1 saturated heterocycles. The van der Waals surface area contributed by atoms with E-state index in [1.54, 1.807) is 0 Å². The van der Waals surface area contributed by atoms with Crippen LogP contribution in [0, 0.1) is 5.82 Å². The van der Waals surface area contributed by atoms with Crippen molar-refractivity contribution < 1.29 is 9.13 Å². The molecule has 1 saturated carbocycles. The summed E-state index contributed by atoms with van der Waals surface area (Å²) in [6.45, 7) is 1.27. The quantitative estimate of drug-likeness (QED) is 0.722. The van der Waals surface area contributed by atoms with Crippen LogP contribution >= 0.6 is 11.6 Å². The van der Waals surface area contributed by atoms with Crippen LogP contribution in [0.5, 0.6) is 0 Å². The van der Waals surface area contributed by atoms with Crippen LogP contribution in [0.15, 0.2) is 6.20 Å². The molecule has 2 aliphatic rings. The number of halogens is 2. The van der Waals surface area contributed by atoms with Gasteiger partial charge in [-0.2, -0.15) is 4.98 Å². The van der Waals surface area contributed by atoms with Gasteiger partial charge in [0.25, 0.3) is 0 Å². The number of anilines is 1. The molecule has 2 fully saturated rings. The van der Waals surface area contributed by atoms with Gasteiger partial charge in [0.15, 0.2) is 11.6 Å². The standard InChI is InChI=1S/C11H13ClFN3O/c12-11-14-6-7(13)10(15-11)16-4-5-17-9-3-1-2-8(9)16/h6,8-9H,1-5H2. The second kappa shape index (κ2) is 4.38. The van der Waals surface area contributed by atoms with Crippen LogP contribution in [-0.2, 0) is 4.74 Å². The first-order valence-electron chi connectivity index (χ1n) is 5.82. The third-order valence-corrected chi connectivity index (χ3v) is 3.63. The van der Waals surface area contributed by atoms with Gasteiger partial charge in [-0.1, -0.05) is 0 Å². The Kier molecular flexibility index (Phi) is 2.88. The molecule has 2 atom stereocenters. The summed E-state index contributed by atoms with van der Waals surface area (Å²) < 4.78 is 19.4. The van der Waals surface area contributed by atoms with E-state index in [0.29, 0.717) is 19.0 Å². The van der Waals surface area contributed by atoms with E-state index < -0.39 is 5.82 Å². The fourth-order valence-corrected chi connectivity index (χ4v) is 2.86. The molecule has 3 rings (SSSR count). The monoisotopic (exact) mass is 257 g/mol. The Morgan fingerprint density at radius 2 is 2.35 bits per heavy atom. The third kappa shape index (κ3) is 1.98. The second-order valence-corrected chi connectivity index (χ2v) is 4.75. The Hall–Kier alpha value is -0.940. The SMILES string of the molecule is Fc1cnc(Cl)nc1N1CCOC2CCCC21. The summed E-state index contributed by atoms with van der Waals surface area (Å²) in [5, 5.41) is 0.0856. The number of nitrogens with zero attached hydrogens (tertiary/aromatic N) is 3. The van der Waals surface area contributed by atoms with Crippen LogP contribution in [0.4, 0.5) is 10.2 Å². The first kappa shape index (κ1) is 11.2. The van der Waals surface area contributed by atoms with Crippen LogP contribution in [0.25, 0.3) is 0 Å². The molecule has 92 valence electrons. The predicted octanol–water partition coefficient (Wildman–Crippen LogP) is 2.03. The Labute approximate surface area is 104 Å². The zero-order valence-electron chi connectivity index (χ0n) is 9.27. The Balaban J connectivity index is 1.94. The maximum Gasteiger partial charge on any atom is 0.224 e. The largest absolute Gasteiger partial charge is 0.374 e. The van der Waals surface area contributed by atoms with Crippen molar-refractivity contribution in [1.82, 2.24) is 9.97 Å². The Bertz CT molecular complexity index is 431. The minimum atomic E-state index is -0.415. The Morgan fingerprint density at radius 3 is 3.24 bits per heavy atom. The molecule has 0 radical (unpaired) electrons. The van der Waals surface area contributed by atoms with E-state index in [9.17, 15) is 4.39 Å². The maximum atomic E-state index is 13.7. The summed E-state index contributed by atoms with van der Waals surface area (Å²) in [5.41, 5.74) is 0. The molecule has 17 heavy (non-hydrogen) atoms. The molecule has 0 N–H and O–H groups in total. The topological polar surface area (TPSA) is 38.2 Å². The van der Waals surface area contributed by atoms with Crippen LogP contribution in [-0.4, -0.2) is 35.3 Å². The molecule has 0 bridgehead atoms. The molecule has 0 aromatic carbocycles. The zero-order chi connectivity index (χ0) is 11.8. The third-order valence-electron chi connectivity index (χ3n) is 3.45. The summed E-state index contributed by atoms with van der Waals surface area (Å²) in [7, 11) is 0. The van der Waals surface area contributed by atoms with Gasteiger partial charge >= 0.3 is 0 Å². The molecule has 6 heteroatoms. The van der Waals surface area contributed by atoms with E-state index in [1.165, 1.54) is 0 Å². The van der Waals surface area contributed by atoms with Crippen molar-refractivity contribution in [3.8, 4) is 0 Å². The lowest BCUT2D eigenvalue weighted by Gasteiger charge is -2.38. The van der Waals surface area contributed by atoms with E-state index in [4.69, 9.17) is 16.3 Å². The van der Waals surface area contributed by atoms with Gasteiger partial charge in [0.1, 0.15) is 0 Å². The molecule has 2 heterocycles. The van der Waals surface area contributed by atoms with Gasteiger partial charge in [0.05, 0.1) is 24.9 Å². The summed E-state index contributed by atoms with van der Waals surface area (Å²) in [5.74, 6) is -0.104. The first-order valence-corrected chi connectivity index (χ1v) is 6.20. The fraction of sp³-hybridized carbons (Fsp3) is 0.636. The lowest BCUT2D eigenvalue weighted by Crippen LogP contribution is -2.49. The minimum Gasteiger partial charge on any atom is -0.374 e. The van der Waals surface area contributed by atoms with Gasteiger partial charge in [0, 0.05) is 6.54 Å². The molecule has 4 nitrogen and oxygen atoms in total. The molecular weight excluding hydrogens is 245 g/mol. The zero-order valence-corrected chi connectivity index (χ0v) is 10.0. The van der Waals surface area contributed by atoms with E-state index >= 15 is 0 Å². The van der Waals surface area contributed by atoms with Gasteiger partial charge in [0.2, 0.25) is 5.28 Å². The number of hydrogen-bond acceptors (Lipinski definition) is 4. The highest BCUT2D eigenvalue weighted by atomic mass is 35.5. The highest BCUT2D eigenvalue weighted by Gasteiger charge is 2.37. The lowest BCUT2D eigenvalue weighted by molar-refractivity contribution is 0.0250. The first-order chi connectivity index (χ1) is 8.25. The van der Waals surface area contributed by atoms with Crippen LogP contribution in [0.2, 0.25) is 5.28 Å². The van der Waals surface area contributed by atoms with E-state index in [2.05, 4.69) is 9.97 Å². The molecule has 0 spiro atoms. The predicted molar refractivity (Wildman–Crippen MR) is 61.7 cm³/mol. The van der Waals surface area contributed by atoms with E-state index in [0.717, 1.165) is 25.5 Å². The molecule has 1 aliphatic carbocycles. The number of hydrogen-bond donors (Lipinski definition) is 0. The van der Waals surface area contributed by atoms with Crippen molar-refractivity contribution in [2.75, 3.05) is 18.1 Å². The number of aromatic nitrogens is 2. The van der Waals surface area contributed by atoms with Crippen molar-refractivity contribution >= 4 is 17.4 Å². The number of rotatable bonds is 1. The number of morpholine rings is 1. The van der Waals surface area contributed by atoms with Crippen molar-refractivity contribution in [1.29, 1.82) is 0 Å². The average Bonchev–Trinajstić information content (AvgIpc) is 2.80. The normalized spacial score (nSPS) is 28.2. The summed E-state index contributed by atoms with van der Waals surface area (Å²) in [6, 6.07) is 0.226. The Morgan fingerprint density at radius 1 is 1.47 bits per heavy atom. The van der Waals surface area contributed by atoms with Crippen LogP contribution in [0.3, 0.4) is 0 Å². The molecule has 0 amide bonds. The minimum absolute atomic E-state index is 0.0856. The number of fused-ring (bicyclic) bond motifs is 1. The average molecular weight is 258 g/mol. The highest BCUT2D eigenvalue weighted by molar-refractivity contribution is 6.28. The highest BCUT2D eigenvalue weighted by Crippen LogP contribution is 2.33. The van der Waals surface area contributed by atoms with Crippen molar-refractivity contribution in [2.24, 2.45) is 0 Å². The molecule has 1 aromatic rings. The van der Waals surface area contributed by atoms with Gasteiger partial charge in [-0.3, -0.25) is 0 Å². The van der Waals surface area contributed by atoms with Gasteiger partial charge < -0.3 is 9.64 Å². The number of ether oxygens (including phenoxy) is 1. The fourth-order valence-electron chi connectivity index (χ4n) is 2.73. The maximum absolute atomic E-state index is 13.7. The van der Waals surface area contributed by atoms with Crippen LogP contribution in [0.1, 0.15) is 19.3 Å². The molecule has 1 aliphatic heterocycles. The van der Waals surface area contributed by atoms with Gasteiger partial charge in [-0.25, -0.2) is 9.37 Å². The molecular formula is C11H13ClFN3O. The molecule has 2 unspecified atom stereocenters. The van der Waals surface area contributed by atoms with Gasteiger partial charge in [-0.15, -0.1) is 0 Å². The van der Waals surface area contributed by atoms with E-state index in [1.807, 2.05) is 4.90 Å².